The van der Waals surface area contributed by atoms with Crippen molar-refractivity contribution in [1.82, 2.24) is 15.0 Å². The Morgan fingerprint density at radius 1 is 1.38 bits per heavy atom. The second-order valence-electron chi connectivity index (χ2n) is 5.04. The molecule has 1 amide bonds. The Balaban J connectivity index is 1.68. The van der Waals surface area contributed by atoms with Gasteiger partial charge in [0.25, 0.3) is 0 Å². The van der Waals surface area contributed by atoms with Crippen LogP contribution < -0.4 is 10.1 Å². The van der Waals surface area contributed by atoms with Crippen molar-refractivity contribution >= 4 is 46.1 Å². The number of ether oxygens (including phenoxy) is 1. The molecule has 0 fully saturated rings. The van der Waals surface area contributed by atoms with Gasteiger partial charge in [-0.1, -0.05) is 23.4 Å². The predicted octanol–water partition coefficient (Wildman–Crippen LogP) is 3.74. The van der Waals surface area contributed by atoms with Gasteiger partial charge in [0.1, 0.15) is 11.6 Å². The third kappa shape index (κ3) is 3.80. The number of thioether (sulfide) groups is 1. The van der Waals surface area contributed by atoms with Crippen molar-refractivity contribution in [2.45, 2.75) is 17.3 Å². The topological polar surface area (TPSA) is 79.9 Å². The van der Waals surface area contributed by atoms with Gasteiger partial charge in [0.2, 0.25) is 5.91 Å². The monoisotopic (exact) mass is 362 g/mol. The Labute approximate surface area is 148 Å². The number of benzene rings is 1. The second kappa shape index (κ2) is 7.11. The third-order valence-electron chi connectivity index (χ3n) is 3.30. The number of nitrogens with one attached hydrogen (secondary N) is 2. The van der Waals surface area contributed by atoms with Crippen LogP contribution in [0.2, 0.25) is 5.02 Å². The molecule has 0 bridgehead atoms. The van der Waals surface area contributed by atoms with E-state index in [4.69, 9.17) is 16.3 Å². The molecule has 0 aliphatic heterocycles. The minimum Gasteiger partial charge on any atom is -0.497 e. The van der Waals surface area contributed by atoms with E-state index in [1.54, 1.807) is 19.2 Å². The van der Waals surface area contributed by atoms with Crippen LogP contribution in [0.5, 0.6) is 5.75 Å². The van der Waals surface area contributed by atoms with Crippen LogP contribution in [0.25, 0.3) is 11.0 Å². The summed E-state index contributed by atoms with van der Waals surface area (Å²) in [6.07, 6.45) is 1.49. The summed E-state index contributed by atoms with van der Waals surface area (Å²) in [4.78, 5) is 24.0. The number of fused-ring (bicyclic) bond motifs is 1. The number of anilines is 1. The Morgan fingerprint density at radius 3 is 2.92 bits per heavy atom. The number of carbonyl (C=O) groups is 1. The van der Waals surface area contributed by atoms with Gasteiger partial charge in [-0.2, -0.15) is 0 Å². The first-order valence-corrected chi connectivity index (χ1v) is 8.44. The Morgan fingerprint density at radius 2 is 2.21 bits per heavy atom. The molecule has 0 aliphatic carbocycles. The van der Waals surface area contributed by atoms with E-state index >= 15 is 0 Å². The van der Waals surface area contributed by atoms with E-state index in [2.05, 4.69) is 20.3 Å². The Bertz CT molecular complexity index is 866. The number of carbonyl (C=O) groups excluding carboxylic acids is 1. The van der Waals surface area contributed by atoms with E-state index in [1.807, 2.05) is 25.1 Å². The van der Waals surface area contributed by atoms with Crippen molar-refractivity contribution in [3.05, 3.63) is 41.6 Å². The maximum absolute atomic E-state index is 12.3. The number of H-pyrrole nitrogens is 1. The average Bonchev–Trinajstić information content (AvgIpc) is 2.97. The smallest absolute Gasteiger partial charge is 0.238 e. The number of aromatic amines is 1. The first-order chi connectivity index (χ1) is 11.5. The fourth-order valence-electron chi connectivity index (χ4n) is 2.05. The van der Waals surface area contributed by atoms with Crippen LogP contribution in [0.1, 0.15) is 6.92 Å². The summed E-state index contributed by atoms with van der Waals surface area (Å²) in [7, 11) is 1.62. The van der Waals surface area contributed by atoms with Crippen LogP contribution >= 0.6 is 23.4 Å². The molecule has 24 heavy (non-hydrogen) atoms. The molecule has 3 aromatic rings. The first kappa shape index (κ1) is 16.6. The van der Waals surface area contributed by atoms with Crippen molar-refractivity contribution in [2.75, 3.05) is 12.4 Å². The highest BCUT2D eigenvalue weighted by atomic mass is 35.5. The number of hydrogen-bond acceptors (Lipinski definition) is 5. The lowest BCUT2D eigenvalue weighted by Gasteiger charge is -2.09. The molecular formula is C16H15ClN4O2S. The molecule has 0 radical (unpaired) electrons. The SMILES string of the molecule is COc1ccc2nc(S[C@@H](C)C(=O)Nc3ccc(Cl)cn3)[nH]c2c1. The lowest BCUT2D eigenvalue weighted by Crippen LogP contribution is -2.23. The summed E-state index contributed by atoms with van der Waals surface area (Å²) in [5.41, 5.74) is 1.69. The van der Waals surface area contributed by atoms with Gasteiger partial charge in [0.05, 0.1) is 28.4 Å². The van der Waals surface area contributed by atoms with E-state index in [9.17, 15) is 4.79 Å². The number of nitrogens with zero attached hydrogens (tertiary/aromatic N) is 2. The van der Waals surface area contributed by atoms with Gasteiger partial charge in [-0.05, 0) is 31.2 Å². The molecule has 6 nitrogen and oxygen atoms in total. The van der Waals surface area contributed by atoms with Crippen LogP contribution in [0.15, 0.2) is 41.7 Å². The molecule has 1 atom stereocenters. The maximum Gasteiger partial charge on any atom is 0.238 e. The Hall–Kier alpha value is -2.25. The number of aromatic nitrogens is 3. The zero-order valence-electron chi connectivity index (χ0n) is 13.0. The number of rotatable bonds is 5. The van der Waals surface area contributed by atoms with Crippen molar-refractivity contribution in [3.8, 4) is 5.75 Å². The van der Waals surface area contributed by atoms with Crippen LogP contribution in [-0.4, -0.2) is 33.2 Å². The largest absolute Gasteiger partial charge is 0.497 e. The molecule has 2 N–H and O–H groups in total. The highest BCUT2D eigenvalue weighted by Gasteiger charge is 2.17. The summed E-state index contributed by atoms with van der Waals surface area (Å²) >= 11 is 7.12. The fourth-order valence-corrected chi connectivity index (χ4v) is 2.98. The predicted molar refractivity (Wildman–Crippen MR) is 95.8 cm³/mol. The van der Waals surface area contributed by atoms with Gasteiger partial charge < -0.3 is 15.0 Å². The lowest BCUT2D eigenvalue weighted by molar-refractivity contribution is -0.115. The van der Waals surface area contributed by atoms with Crippen LogP contribution in [0.4, 0.5) is 5.82 Å². The second-order valence-corrected chi connectivity index (χ2v) is 6.80. The van der Waals surface area contributed by atoms with Gasteiger partial charge in [0, 0.05) is 12.3 Å². The van der Waals surface area contributed by atoms with Gasteiger partial charge >= 0.3 is 0 Å². The zero-order chi connectivity index (χ0) is 17.1. The van der Waals surface area contributed by atoms with Crippen molar-refractivity contribution in [1.29, 1.82) is 0 Å². The number of pyridine rings is 1. The molecule has 0 unspecified atom stereocenters. The summed E-state index contributed by atoms with van der Waals surface area (Å²) in [5, 5.41) is 3.60. The standard InChI is InChI=1S/C16H15ClN4O2S/c1-9(15(22)21-14-6-3-10(17)8-18-14)24-16-19-12-5-4-11(23-2)7-13(12)20-16/h3-9H,1-2H3,(H,19,20)(H,18,21,22)/t9-/m0/s1. The van der Waals surface area contributed by atoms with E-state index < -0.39 is 0 Å². The fraction of sp³-hybridized carbons (Fsp3) is 0.188. The van der Waals surface area contributed by atoms with Crippen LogP contribution in [-0.2, 0) is 4.79 Å². The summed E-state index contributed by atoms with van der Waals surface area (Å²) in [6.45, 7) is 1.81. The zero-order valence-corrected chi connectivity index (χ0v) is 14.6. The highest BCUT2D eigenvalue weighted by molar-refractivity contribution is 8.00. The summed E-state index contributed by atoms with van der Waals surface area (Å²) in [6, 6.07) is 8.92. The summed E-state index contributed by atoms with van der Waals surface area (Å²) in [5.74, 6) is 1.06. The molecular weight excluding hydrogens is 348 g/mol. The average molecular weight is 363 g/mol. The van der Waals surface area contributed by atoms with E-state index in [-0.39, 0.29) is 11.2 Å². The van der Waals surface area contributed by atoms with Crippen LogP contribution in [0, 0.1) is 0 Å². The van der Waals surface area contributed by atoms with Crippen molar-refractivity contribution in [3.63, 3.8) is 0 Å². The summed E-state index contributed by atoms with van der Waals surface area (Å²) < 4.78 is 5.19. The van der Waals surface area contributed by atoms with Crippen molar-refractivity contribution < 1.29 is 9.53 Å². The molecule has 0 spiro atoms. The normalized spacial score (nSPS) is 12.1. The van der Waals surface area contributed by atoms with Crippen LogP contribution in [0.3, 0.4) is 0 Å². The molecule has 2 aromatic heterocycles. The lowest BCUT2D eigenvalue weighted by atomic mass is 10.3. The minimum absolute atomic E-state index is 0.159. The van der Waals surface area contributed by atoms with Gasteiger partial charge in [-0.25, -0.2) is 9.97 Å². The van der Waals surface area contributed by atoms with Crippen molar-refractivity contribution in [2.24, 2.45) is 0 Å². The molecule has 124 valence electrons. The number of imidazole rings is 1. The third-order valence-corrected chi connectivity index (χ3v) is 4.51. The first-order valence-electron chi connectivity index (χ1n) is 7.18. The minimum atomic E-state index is -0.343. The van der Waals surface area contributed by atoms with E-state index in [0.717, 1.165) is 16.8 Å². The molecule has 3 rings (SSSR count). The number of amides is 1. The van der Waals surface area contributed by atoms with E-state index in [1.165, 1.54) is 18.0 Å². The maximum atomic E-state index is 12.3. The molecule has 2 heterocycles. The quantitative estimate of drug-likeness (QED) is 0.676. The van der Waals surface area contributed by atoms with Gasteiger partial charge in [-0.15, -0.1) is 0 Å². The molecule has 1 aromatic carbocycles. The molecule has 0 saturated heterocycles. The number of methoxy groups -OCH3 is 1. The molecule has 8 heteroatoms. The number of hydrogen-bond donors (Lipinski definition) is 2. The van der Waals surface area contributed by atoms with Gasteiger partial charge in [-0.3, -0.25) is 4.79 Å². The highest BCUT2D eigenvalue weighted by Crippen LogP contribution is 2.26. The number of halogens is 1. The van der Waals surface area contributed by atoms with E-state index in [0.29, 0.717) is 16.0 Å². The molecule has 0 saturated carbocycles. The molecule has 0 aliphatic rings. The Kier molecular flexibility index (Phi) is 4.92. The van der Waals surface area contributed by atoms with Gasteiger partial charge in [0.15, 0.2) is 5.16 Å².